The van der Waals surface area contributed by atoms with Gasteiger partial charge < -0.3 is 10.6 Å². The van der Waals surface area contributed by atoms with E-state index < -0.39 is 0 Å². The minimum atomic E-state index is 0.724. The maximum atomic E-state index is 5.78. The first-order valence-electron chi connectivity index (χ1n) is 6.14. The van der Waals surface area contributed by atoms with Crippen LogP contribution in [0.2, 0.25) is 0 Å². The summed E-state index contributed by atoms with van der Waals surface area (Å²) < 4.78 is 0. The van der Waals surface area contributed by atoms with Gasteiger partial charge in [0.2, 0.25) is 0 Å². The lowest BCUT2D eigenvalue weighted by atomic mass is 10.1. The summed E-state index contributed by atoms with van der Waals surface area (Å²) >= 11 is 0. The van der Waals surface area contributed by atoms with E-state index in [1.807, 2.05) is 12.3 Å². The molecule has 3 heteroatoms. The Morgan fingerprint density at radius 1 is 1.44 bits per heavy atom. The highest BCUT2D eigenvalue weighted by atomic mass is 15.2. The minimum Gasteiger partial charge on any atom is -0.397 e. The van der Waals surface area contributed by atoms with Crippen LogP contribution in [0.4, 0.5) is 11.4 Å². The van der Waals surface area contributed by atoms with Crippen molar-refractivity contribution in [2.24, 2.45) is 5.92 Å². The molecule has 0 atom stereocenters. The highest BCUT2D eigenvalue weighted by Crippen LogP contribution is 2.32. The van der Waals surface area contributed by atoms with Crippen molar-refractivity contribution in [1.29, 1.82) is 0 Å². The van der Waals surface area contributed by atoms with Gasteiger partial charge in [0.1, 0.15) is 0 Å². The standard InChI is InChI=1S/C13H21N3/c1-10(2)5-6-16(12-3-4-12)13-7-11(14)8-15-9-13/h7-10,12H,3-6,14H2,1-2H3. The Balaban J connectivity index is 2.06. The smallest absolute Gasteiger partial charge is 0.0575 e. The van der Waals surface area contributed by atoms with Gasteiger partial charge in [-0.2, -0.15) is 0 Å². The van der Waals surface area contributed by atoms with Crippen molar-refractivity contribution in [2.75, 3.05) is 17.2 Å². The average Bonchev–Trinajstić information content (AvgIpc) is 3.02. The van der Waals surface area contributed by atoms with Crippen LogP contribution >= 0.6 is 0 Å². The van der Waals surface area contributed by atoms with Gasteiger partial charge in [-0.3, -0.25) is 4.98 Å². The van der Waals surface area contributed by atoms with Crippen molar-refractivity contribution < 1.29 is 0 Å². The Hall–Kier alpha value is -1.25. The molecule has 1 saturated carbocycles. The summed E-state index contributed by atoms with van der Waals surface area (Å²) in [6, 6.07) is 2.76. The molecule has 0 amide bonds. The number of nitrogens with two attached hydrogens (primary N) is 1. The molecule has 0 aliphatic heterocycles. The molecule has 0 aromatic carbocycles. The van der Waals surface area contributed by atoms with E-state index in [1.54, 1.807) is 6.20 Å². The zero-order chi connectivity index (χ0) is 11.5. The van der Waals surface area contributed by atoms with Crippen molar-refractivity contribution in [1.82, 2.24) is 4.98 Å². The number of nitrogen functional groups attached to an aromatic ring is 1. The summed E-state index contributed by atoms with van der Waals surface area (Å²) in [5.74, 6) is 0.746. The normalized spacial score (nSPS) is 15.4. The zero-order valence-corrected chi connectivity index (χ0v) is 10.2. The van der Waals surface area contributed by atoms with Gasteiger partial charge >= 0.3 is 0 Å². The number of hydrogen-bond acceptors (Lipinski definition) is 3. The average molecular weight is 219 g/mol. The molecule has 1 aromatic heterocycles. The first kappa shape index (κ1) is 11.2. The number of rotatable bonds is 5. The monoisotopic (exact) mass is 219 g/mol. The fourth-order valence-corrected chi connectivity index (χ4v) is 1.91. The van der Waals surface area contributed by atoms with Gasteiger partial charge in [0, 0.05) is 18.8 Å². The number of anilines is 2. The number of aromatic nitrogens is 1. The van der Waals surface area contributed by atoms with E-state index in [1.165, 1.54) is 24.9 Å². The lowest BCUT2D eigenvalue weighted by Crippen LogP contribution is -2.27. The summed E-state index contributed by atoms with van der Waals surface area (Å²) in [5, 5.41) is 0. The van der Waals surface area contributed by atoms with Gasteiger partial charge in [0.25, 0.3) is 0 Å². The predicted octanol–water partition coefficient (Wildman–Crippen LogP) is 2.68. The van der Waals surface area contributed by atoms with E-state index in [9.17, 15) is 0 Å². The first-order valence-corrected chi connectivity index (χ1v) is 6.14. The van der Waals surface area contributed by atoms with Crippen molar-refractivity contribution in [3.63, 3.8) is 0 Å². The van der Waals surface area contributed by atoms with Gasteiger partial charge in [0.15, 0.2) is 0 Å². The summed E-state index contributed by atoms with van der Waals surface area (Å²) in [7, 11) is 0. The molecule has 1 aromatic rings. The number of hydrogen-bond donors (Lipinski definition) is 1. The second-order valence-corrected chi connectivity index (χ2v) is 5.08. The van der Waals surface area contributed by atoms with E-state index in [-0.39, 0.29) is 0 Å². The quantitative estimate of drug-likeness (QED) is 0.828. The summed E-state index contributed by atoms with van der Waals surface area (Å²) in [6.45, 7) is 5.65. The number of pyridine rings is 1. The van der Waals surface area contributed by atoms with Crippen LogP contribution in [0.25, 0.3) is 0 Å². The third kappa shape index (κ3) is 2.87. The predicted molar refractivity (Wildman–Crippen MR) is 68.5 cm³/mol. The molecule has 2 N–H and O–H groups in total. The molecule has 1 fully saturated rings. The van der Waals surface area contributed by atoms with E-state index in [0.29, 0.717) is 0 Å². The van der Waals surface area contributed by atoms with Crippen molar-refractivity contribution in [3.8, 4) is 0 Å². The molecular weight excluding hydrogens is 198 g/mol. The van der Waals surface area contributed by atoms with E-state index in [2.05, 4.69) is 23.7 Å². The second-order valence-electron chi connectivity index (χ2n) is 5.08. The van der Waals surface area contributed by atoms with Gasteiger partial charge in [0.05, 0.1) is 17.6 Å². The van der Waals surface area contributed by atoms with E-state index >= 15 is 0 Å². The Morgan fingerprint density at radius 3 is 2.75 bits per heavy atom. The lowest BCUT2D eigenvalue weighted by Gasteiger charge is -2.25. The molecule has 16 heavy (non-hydrogen) atoms. The van der Waals surface area contributed by atoms with Crippen LogP contribution in [0.15, 0.2) is 18.5 Å². The lowest BCUT2D eigenvalue weighted by molar-refractivity contribution is 0.570. The molecular formula is C13H21N3. The summed E-state index contributed by atoms with van der Waals surface area (Å²) in [6.07, 6.45) is 7.48. The molecule has 0 saturated heterocycles. The van der Waals surface area contributed by atoms with Crippen LogP contribution in [0.3, 0.4) is 0 Å². The van der Waals surface area contributed by atoms with Gasteiger partial charge in [-0.1, -0.05) is 13.8 Å². The molecule has 0 unspecified atom stereocenters. The third-order valence-electron chi connectivity index (χ3n) is 3.01. The Kier molecular flexibility index (Phi) is 3.32. The largest absolute Gasteiger partial charge is 0.397 e. The molecule has 0 radical (unpaired) electrons. The molecule has 0 bridgehead atoms. The SMILES string of the molecule is CC(C)CCN(c1cncc(N)c1)C1CC1. The van der Waals surface area contributed by atoms with Crippen molar-refractivity contribution in [3.05, 3.63) is 18.5 Å². The first-order chi connectivity index (χ1) is 7.66. The van der Waals surface area contributed by atoms with Crippen LogP contribution in [0.1, 0.15) is 33.1 Å². The topological polar surface area (TPSA) is 42.2 Å². The Bertz CT molecular complexity index is 345. The zero-order valence-electron chi connectivity index (χ0n) is 10.2. The van der Waals surface area contributed by atoms with Gasteiger partial charge in [-0.15, -0.1) is 0 Å². The van der Waals surface area contributed by atoms with Gasteiger partial charge in [-0.25, -0.2) is 0 Å². The molecule has 88 valence electrons. The molecule has 1 heterocycles. The van der Waals surface area contributed by atoms with E-state index in [0.717, 1.165) is 24.2 Å². The maximum Gasteiger partial charge on any atom is 0.0575 e. The van der Waals surface area contributed by atoms with Crippen LogP contribution in [-0.4, -0.2) is 17.6 Å². The van der Waals surface area contributed by atoms with Crippen LogP contribution in [-0.2, 0) is 0 Å². The molecule has 3 nitrogen and oxygen atoms in total. The van der Waals surface area contributed by atoms with Crippen LogP contribution in [0.5, 0.6) is 0 Å². The number of nitrogens with zero attached hydrogens (tertiary/aromatic N) is 2. The maximum absolute atomic E-state index is 5.78. The molecule has 0 spiro atoms. The van der Waals surface area contributed by atoms with Crippen molar-refractivity contribution >= 4 is 11.4 Å². The summed E-state index contributed by atoms with van der Waals surface area (Å²) in [5.41, 5.74) is 7.72. The summed E-state index contributed by atoms with van der Waals surface area (Å²) in [4.78, 5) is 6.64. The molecule has 1 aliphatic carbocycles. The Labute approximate surface area is 97.7 Å². The highest BCUT2D eigenvalue weighted by molar-refractivity contribution is 5.54. The van der Waals surface area contributed by atoms with Crippen molar-refractivity contribution in [2.45, 2.75) is 39.2 Å². The minimum absolute atomic E-state index is 0.724. The highest BCUT2D eigenvalue weighted by Gasteiger charge is 2.29. The molecule has 2 rings (SSSR count). The van der Waals surface area contributed by atoms with Crippen LogP contribution < -0.4 is 10.6 Å². The Morgan fingerprint density at radius 2 is 2.19 bits per heavy atom. The van der Waals surface area contributed by atoms with Gasteiger partial charge in [-0.05, 0) is 31.2 Å². The van der Waals surface area contributed by atoms with Crippen LogP contribution in [0, 0.1) is 5.92 Å². The fraction of sp³-hybridized carbons (Fsp3) is 0.615. The van der Waals surface area contributed by atoms with E-state index in [4.69, 9.17) is 5.73 Å². The second kappa shape index (κ2) is 4.73. The fourth-order valence-electron chi connectivity index (χ4n) is 1.91. The third-order valence-corrected chi connectivity index (χ3v) is 3.01. The molecule has 1 aliphatic rings.